The number of ether oxygens (including phenoxy) is 2. The molecule has 0 aromatic carbocycles. The molecule has 2 aliphatic rings. The van der Waals surface area contributed by atoms with Crippen LogP contribution in [0, 0.1) is 11.8 Å². The summed E-state index contributed by atoms with van der Waals surface area (Å²) in [6.45, 7) is 10.2. The van der Waals surface area contributed by atoms with Crippen molar-refractivity contribution in [2.75, 3.05) is 26.4 Å². The summed E-state index contributed by atoms with van der Waals surface area (Å²) in [5, 5.41) is 3.61. The van der Waals surface area contributed by atoms with Crippen molar-refractivity contribution in [3.63, 3.8) is 0 Å². The molecule has 1 saturated carbocycles. The lowest BCUT2D eigenvalue weighted by Crippen LogP contribution is -2.61. The van der Waals surface area contributed by atoms with Gasteiger partial charge in [-0.2, -0.15) is 0 Å². The first-order valence-corrected chi connectivity index (χ1v) is 7.63. The highest BCUT2D eigenvalue weighted by Gasteiger charge is 2.44. The first-order valence-electron chi connectivity index (χ1n) is 7.63. The van der Waals surface area contributed by atoms with Gasteiger partial charge in [0, 0.05) is 13.2 Å². The first-order chi connectivity index (χ1) is 8.68. The average Bonchev–Trinajstić information content (AvgIpc) is 2.38. The van der Waals surface area contributed by atoms with E-state index in [0.717, 1.165) is 38.2 Å². The maximum Gasteiger partial charge on any atom is 0.0858 e. The maximum atomic E-state index is 6.20. The van der Waals surface area contributed by atoms with Crippen molar-refractivity contribution in [2.24, 2.45) is 11.8 Å². The van der Waals surface area contributed by atoms with Crippen molar-refractivity contribution in [3.05, 3.63) is 0 Å². The van der Waals surface area contributed by atoms with E-state index in [1.807, 2.05) is 0 Å². The molecule has 0 radical (unpaired) electrons. The van der Waals surface area contributed by atoms with Gasteiger partial charge in [-0.1, -0.05) is 13.8 Å². The standard InChI is InChI=1S/C15H29NO2/c1-4-17-11-14-15(18-10-9-16-14)7-5-13(6-8-15)12(2)3/h12-14,16H,4-11H2,1-3H3. The molecule has 2 rings (SSSR count). The summed E-state index contributed by atoms with van der Waals surface area (Å²) in [5.74, 6) is 1.69. The van der Waals surface area contributed by atoms with Crippen LogP contribution in [0.3, 0.4) is 0 Å². The first kappa shape index (κ1) is 14.3. The number of nitrogens with one attached hydrogen (secondary N) is 1. The maximum absolute atomic E-state index is 6.20. The van der Waals surface area contributed by atoms with Crippen LogP contribution >= 0.6 is 0 Å². The third-order valence-corrected chi connectivity index (χ3v) is 4.83. The van der Waals surface area contributed by atoms with Gasteiger partial charge in [-0.05, 0) is 44.4 Å². The minimum atomic E-state index is 0.0544. The molecular weight excluding hydrogens is 226 g/mol. The zero-order valence-electron chi connectivity index (χ0n) is 12.2. The number of rotatable bonds is 4. The normalized spacial score (nSPS) is 37.3. The summed E-state index contributed by atoms with van der Waals surface area (Å²) in [5.41, 5.74) is 0.0544. The summed E-state index contributed by atoms with van der Waals surface area (Å²) in [6, 6.07) is 0.388. The van der Waals surface area contributed by atoms with E-state index in [-0.39, 0.29) is 5.60 Å². The second-order valence-corrected chi connectivity index (χ2v) is 6.16. The molecule has 1 saturated heterocycles. The Morgan fingerprint density at radius 2 is 2.06 bits per heavy atom. The van der Waals surface area contributed by atoms with Crippen LogP contribution in [0.4, 0.5) is 0 Å². The summed E-state index contributed by atoms with van der Waals surface area (Å²) < 4.78 is 11.8. The predicted molar refractivity (Wildman–Crippen MR) is 73.8 cm³/mol. The van der Waals surface area contributed by atoms with E-state index < -0.39 is 0 Å². The topological polar surface area (TPSA) is 30.5 Å². The second-order valence-electron chi connectivity index (χ2n) is 6.16. The molecule has 1 heterocycles. The van der Waals surface area contributed by atoms with Gasteiger partial charge in [0.1, 0.15) is 0 Å². The SMILES string of the molecule is CCOCC1NCCOC12CCC(C(C)C)CC2. The summed E-state index contributed by atoms with van der Waals surface area (Å²) >= 11 is 0. The van der Waals surface area contributed by atoms with Gasteiger partial charge in [-0.25, -0.2) is 0 Å². The Kier molecular flexibility index (Phi) is 5.05. The molecule has 0 bridgehead atoms. The van der Waals surface area contributed by atoms with Gasteiger partial charge >= 0.3 is 0 Å². The van der Waals surface area contributed by atoms with Crippen molar-refractivity contribution >= 4 is 0 Å². The molecule has 1 aliphatic carbocycles. The van der Waals surface area contributed by atoms with Crippen LogP contribution in [-0.4, -0.2) is 38.0 Å². The van der Waals surface area contributed by atoms with Crippen molar-refractivity contribution in [3.8, 4) is 0 Å². The van der Waals surface area contributed by atoms with Crippen molar-refractivity contribution < 1.29 is 9.47 Å². The summed E-state index contributed by atoms with van der Waals surface area (Å²) in [6.07, 6.45) is 5.01. The van der Waals surface area contributed by atoms with E-state index in [2.05, 4.69) is 26.1 Å². The van der Waals surface area contributed by atoms with Crippen LogP contribution in [0.25, 0.3) is 0 Å². The minimum Gasteiger partial charge on any atom is -0.380 e. The summed E-state index contributed by atoms with van der Waals surface area (Å²) in [7, 11) is 0. The van der Waals surface area contributed by atoms with Gasteiger partial charge in [0.05, 0.1) is 24.9 Å². The van der Waals surface area contributed by atoms with E-state index in [1.54, 1.807) is 0 Å². The summed E-state index contributed by atoms with van der Waals surface area (Å²) in [4.78, 5) is 0. The number of hydrogen-bond donors (Lipinski definition) is 1. The van der Waals surface area contributed by atoms with Gasteiger partial charge in [0.15, 0.2) is 0 Å². The van der Waals surface area contributed by atoms with Crippen molar-refractivity contribution in [2.45, 2.75) is 58.1 Å². The fourth-order valence-corrected chi connectivity index (χ4v) is 3.51. The zero-order chi connectivity index (χ0) is 13.0. The molecule has 3 nitrogen and oxygen atoms in total. The highest BCUT2D eigenvalue weighted by molar-refractivity contribution is 4.99. The highest BCUT2D eigenvalue weighted by Crippen LogP contribution is 2.41. The molecule has 1 spiro atoms. The Bertz CT molecular complexity index is 247. The molecule has 1 unspecified atom stereocenters. The molecule has 1 atom stereocenters. The van der Waals surface area contributed by atoms with Gasteiger partial charge in [-0.15, -0.1) is 0 Å². The quantitative estimate of drug-likeness (QED) is 0.837. The molecule has 1 N–H and O–H groups in total. The van der Waals surface area contributed by atoms with Crippen LogP contribution in [0.15, 0.2) is 0 Å². The van der Waals surface area contributed by atoms with Gasteiger partial charge in [0.2, 0.25) is 0 Å². The van der Waals surface area contributed by atoms with Crippen LogP contribution in [0.5, 0.6) is 0 Å². The largest absolute Gasteiger partial charge is 0.380 e. The predicted octanol–water partition coefficient (Wildman–Crippen LogP) is 2.60. The molecule has 0 aromatic rings. The molecule has 3 heteroatoms. The smallest absolute Gasteiger partial charge is 0.0858 e. The molecule has 2 fully saturated rings. The van der Waals surface area contributed by atoms with Gasteiger partial charge in [-0.3, -0.25) is 0 Å². The Balaban J connectivity index is 1.95. The van der Waals surface area contributed by atoms with Gasteiger partial charge in [0.25, 0.3) is 0 Å². The number of morpholine rings is 1. The monoisotopic (exact) mass is 255 g/mol. The van der Waals surface area contributed by atoms with E-state index in [1.165, 1.54) is 25.7 Å². The van der Waals surface area contributed by atoms with E-state index in [0.29, 0.717) is 6.04 Å². The fourth-order valence-electron chi connectivity index (χ4n) is 3.51. The molecule has 0 amide bonds. The lowest BCUT2D eigenvalue weighted by Gasteiger charge is -2.48. The van der Waals surface area contributed by atoms with E-state index in [4.69, 9.17) is 9.47 Å². The van der Waals surface area contributed by atoms with Crippen LogP contribution < -0.4 is 5.32 Å². The highest BCUT2D eigenvalue weighted by atomic mass is 16.5. The zero-order valence-corrected chi connectivity index (χ0v) is 12.2. The third-order valence-electron chi connectivity index (χ3n) is 4.83. The second kappa shape index (κ2) is 6.36. The van der Waals surface area contributed by atoms with E-state index in [9.17, 15) is 0 Å². The van der Waals surface area contributed by atoms with Crippen LogP contribution in [0.2, 0.25) is 0 Å². The molecule has 1 aliphatic heterocycles. The molecule has 0 aromatic heterocycles. The van der Waals surface area contributed by atoms with Crippen molar-refractivity contribution in [1.82, 2.24) is 5.32 Å². The Labute approximate surface area is 112 Å². The Hall–Kier alpha value is -0.120. The molecular formula is C15H29NO2. The molecule has 18 heavy (non-hydrogen) atoms. The fraction of sp³-hybridized carbons (Fsp3) is 1.00. The lowest BCUT2D eigenvalue weighted by atomic mass is 9.71. The van der Waals surface area contributed by atoms with Crippen LogP contribution in [-0.2, 0) is 9.47 Å². The average molecular weight is 255 g/mol. The molecule has 106 valence electrons. The Morgan fingerprint density at radius 1 is 1.33 bits per heavy atom. The minimum absolute atomic E-state index is 0.0544. The third kappa shape index (κ3) is 3.06. The van der Waals surface area contributed by atoms with Crippen molar-refractivity contribution in [1.29, 1.82) is 0 Å². The lowest BCUT2D eigenvalue weighted by molar-refractivity contribution is -0.138. The van der Waals surface area contributed by atoms with Crippen LogP contribution in [0.1, 0.15) is 46.5 Å². The van der Waals surface area contributed by atoms with E-state index >= 15 is 0 Å². The number of hydrogen-bond acceptors (Lipinski definition) is 3. The van der Waals surface area contributed by atoms with Gasteiger partial charge < -0.3 is 14.8 Å². The Morgan fingerprint density at radius 3 is 2.67 bits per heavy atom.